The van der Waals surface area contributed by atoms with Crippen molar-refractivity contribution < 1.29 is 9.90 Å². The zero-order valence-electron chi connectivity index (χ0n) is 14.1. The number of aromatic nitrogens is 1. The maximum absolute atomic E-state index is 12.4. The van der Waals surface area contributed by atoms with Gasteiger partial charge in [-0.1, -0.05) is 37.6 Å². The Balaban J connectivity index is 2.02. The lowest BCUT2D eigenvalue weighted by molar-refractivity contribution is 0.0948. The summed E-state index contributed by atoms with van der Waals surface area (Å²) in [5.41, 5.74) is 1.97. The normalized spacial score (nSPS) is 11.3. The minimum atomic E-state index is -0.195. The number of nitrogens with zero attached hydrogens (tertiary/aromatic N) is 1. The highest BCUT2D eigenvalue weighted by Crippen LogP contribution is 2.24. The lowest BCUT2D eigenvalue weighted by Crippen LogP contribution is -2.26. The third-order valence-corrected chi connectivity index (χ3v) is 4.25. The smallest absolute Gasteiger partial charge is 0.252 e. The Bertz CT molecular complexity index is 687. The molecule has 0 saturated heterocycles. The highest BCUT2D eigenvalue weighted by atomic mass is 35.5. The molecule has 0 atom stereocenters. The van der Waals surface area contributed by atoms with Gasteiger partial charge in [0.05, 0.1) is 16.3 Å². The zero-order chi connectivity index (χ0) is 17.6. The molecule has 2 N–H and O–H groups in total. The van der Waals surface area contributed by atoms with E-state index in [1.807, 2.05) is 38.1 Å². The number of hydrogen-bond donors (Lipinski definition) is 2. The highest BCUT2D eigenvalue weighted by Gasteiger charge is 2.16. The van der Waals surface area contributed by atoms with Crippen LogP contribution in [0.25, 0.3) is 11.3 Å². The van der Waals surface area contributed by atoms with E-state index in [-0.39, 0.29) is 17.9 Å². The molecule has 0 saturated carbocycles. The van der Waals surface area contributed by atoms with Gasteiger partial charge in [-0.25, -0.2) is 0 Å². The summed E-state index contributed by atoms with van der Waals surface area (Å²) in [5, 5.41) is 12.6. The van der Waals surface area contributed by atoms with Crippen LogP contribution in [0.5, 0.6) is 0 Å². The average Bonchev–Trinajstić information content (AvgIpc) is 2.60. The largest absolute Gasteiger partial charge is 0.396 e. The molecule has 1 heterocycles. The third-order valence-electron chi connectivity index (χ3n) is 3.92. The summed E-state index contributed by atoms with van der Waals surface area (Å²) in [6, 6.07) is 11.0. The summed E-state index contributed by atoms with van der Waals surface area (Å²) in [6.07, 6.45) is 3.36. The molecule has 0 spiro atoms. The SMILES string of the molecule is CC(C)(CO)CCCNC(=O)c1cc(-c2ccccn2)ccc1Cl. The summed E-state index contributed by atoms with van der Waals surface area (Å²) in [5.74, 6) is -0.195. The number of aliphatic hydroxyl groups is 1. The lowest BCUT2D eigenvalue weighted by Gasteiger charge is -2.21. The second-order valence-electron chi connectivity index (χ2n) is 6.59. The quantitative estimate of drug-likeness (QED) is 0.747. The first-order valence-electron chi connectivity index (χ1n) is 8.03. The number of hydrogen-bond acceptors (Lipinski definition) is 3. The first-order valence-corrected chi connectivity index (χ1v) is 8.41. The maximum Gasteiger partial charge on any atom is 0.252 e. The van der Waals surface area contributed by atoms with Crippen LogP contribution in [-0.4, -0.2) is 29.1 Å². The number of aliphatic hydroxyl groups excluding tert-OH is 1. The van der Waals surface area contributed by atoms with Gasteiger partial charge in [-0.3, -0.25) is 9.78 Å². The highest BCUT2D eigenvalue weighted by molar-refractivity contribution is 6.34. The number of carbonyl (C=O) groups is 1. The molecule has 0 bridgehead atoms. The van der Waals surface area contributed by atoms with Crippen LogP contribution in [-0.2, 0) is 0 Å². The zero-order valence-corrected chi connectivity index (χ0v) is 14.8. The van der Waals surface area contributed by atoms with E-state index in [0.717, 1.165) is 24.1 Å². The summed E-state index contributed by atoms with van der Waals surface area (Å²) < 4.78 is 0. The molecule has 0 aliphatic heterocycles. The molecule has 2 rings (SSSR count). The van der Waals surface area contributed by atoms with Gasteiger partial charge >= 0.3 is 0 Å². The van der Waals surface area contributed by atoms with Gasteiger partial charge in [-0.15, -0.1) is 0 Å². The number of rotatable bonds is 7. The van der Waals surface area contributed by atoms with Gasteiger partial charge < -0.3 is 10.4 Å². The molecule has 128 valence electrons. The van der Waals surface area contributed by atoms with Crippen molar-refractivity contribution in [3.8, 4) is 11.3 Å². The number of benzene rings is 1. The van der Waals surface area contributed by atoms with E-state index < -0.39 is 0 Å². The predicted octanol–water partition coefficient (Wildman–Crippen LogP) is 3.93. The van der Waals surface area contributed by atoms with E-state index in [1.165, 1.54) is 0 Å². The van der Waals surface area contributed by atoms with Crippen molar-refractivity contribution in [1.82, 2.24) is 10.3 Å². The number of nitrogens with one attached hydrogen (secondary N) is 1. The average molecular weight is 347 g/mol. The minimum Gasteiger partial charge on any atom is -0.396 e. The standard InChI is InChI=1S/C19H23ClN2O2/c1-19(2,13-23)9-5-11-22-18(24)15-12-14(7-8-16(15)20)17-6-3-4-10-21-17/h3-4,6-8,10,12,23H,5,9,11,13H2,1-2H3,(H,22,24). The van der Waals surface area contributed by atoms with E-state index in [0.29, 0.717) is 17.1 Å². The van der Waals surface area contributed by atoms with Crippen molar-refractivity contribution in [3.05, 3.63) is 53.2 Å². The minimum absolute atomic E-state index is 0.124. The summed E-state index contributed by atoms with van der Waals surface area (Å²) in [7, 11) is 0. The van der Waals surface area contributed by atoms with Gasteiger partial charge in [0.25, 0.3) is 5.91 Å². The monoisotopic (exact) mass is 346 g/mol. The third kappa shape index (κ3) is 5.05. The lowest BCUT2D eigenvalue weighted by atomic mass is 9.89. The van der Waals surface area contributed by atoms with Gasteiger partial charge in [-0.2, -0.15) is 0 Å². The fraction of sp³-hybridized carbons (Fsp3) is 0.368. The van der Waals surface area contributed by atoms with E-state index in [9.17, 15) is 9.90 Å². The van der Waals surface area contributed by atoms with Gasteiger partial charge in [0.2, 0.25) is 0 Å². The molecule has 0 radical (unpaired) electrons. The second-order valence-corrected chi connectivity index (χ2v) is 7.00. The molecule has 24 heavy (non-hydrogen) atoms. The van der Waals surface area contributed by atoms with Gasteiger partial charge in [0, 0.05) is 24.9 Å². The number of pyridine rings is 1. The molecular formula is C19H23ClN2O2. The molecule has 0 aliphatic rings. The molecular weight excluding hydrogens is 324 g/mol. The van der Waals surface area contributed by atoms with Crippen molar-refractivity contribution in [2.75, 3.05) is 13.2 Å². The first kappa shape index (κ1) is 18.4. The summed E-state index contributed by atoms with van der Waals surface area (Å²) in [6.45, 7) is 4.69. The van der Waals surface area contributed by atoms with Crippen molar-refractivity contribution in [2.45, 2.75) is 26.7 Å². The molecule has 1 amide bonds. The second kappa shape index (κ2) is 8.27. The number of amides is 1. The van der Waals surface area contributed by atoms with Crippen LogP contribution in [0.3, 0.4) is 0 Å². The maximum atomic E-state index is 12.4. The molecule has 0 fully saturated rings. The molecule has 0 aliphatic carbocycles. The van der Waals surface area contributed by atoms with Gasteiger partial charge in [-0.05, 0) is 42.5 Å². The molecule has 4 nitrogen and oxygen atoms in total. The van der Waals surface area contributed by atoms with Crippen LogP contribution in [0, 0.1) is 5.41 Å². The van der Waals surface area contributed by atoms with Crippen LogP contribution in [0.15, 0.2) is 42.6 Å². The Kier molecular flexibility index (Phi) is 6.35. The molecule has 5 heteroatoms. The Hall–Kier alpha value is -1.91. The fourth-order valence-corrected chi connectivity index (χ4v) is 2.54. The van der Waals surface area contributed by atoms with E-state index in [4.69, 9.17) is 11.6 Å². The topological polar surface area (TPSA) is 62.2 Å². The van der Waals surface area contributed by atoms with Crippen molar-refractivity contribution in [1.29, 1.82) is 0 Å². The molecule has 2 aromatic rings. The van der Waals surface area contributed by atoms with Crippen molar-refractivity contribution >= 4 is 17.5 Å². The first-order chi connectivity index (χ1) is 11.4. The summed E-state index contributed by atoms with van der Waals surface area (Å²) in [4.78, 5) is 16.7. The molecule has 1 aromatic carbocycles. The van der Waals surface area contributed by atoms with Crippen molar-refractivity contribution in [3.63, 3.8) is 0 Å². The van der Waals surface area contributed by atoms with E-state index in [2.05, 4.69) is 10.3 Å². The van der Waals surface area contributed by atoms with Gasteiger partial charge in [0.15, 0.2) is 0 Å². The van der Waals surface area contributed by atoms with E-state index >= 15 is 0 Å². The Morgan fingerprint density at radius 1 is 1.29 bits per heavy atom. The summed E-state index contributed by atoms with van der Waals surface area (Å²) >= 11 is 6.17. The van der Waals surface area contributed by atoms with Crippen LogP contribution >= 0.6 is 11.6 Å². The Morgan fingerprint density at radius 3 is 2.75 bits per heavy atom. The van der Waals surface area contributed by atoms with Crippen LogP contribution < -0.4 is 5.32 Å². The Labute approximate surface area is 147 Å². The molecule has 1 aromatic heterocycles. The fourth-order valence-electron chi connectivity index (χ4n) is 2.34. The van der Waals surface area contributed by atoms with E-state index in [1.54, 1.807) is 18.3 Å². The predicted molar refractivity (Wildman–Crippen MR) is 97.1 cm³/mol. The number of carbonyl (C=O) groups excluding carboxylic acids is 1. The van der Waals surface area contributed by atoms with Crippen LogP contribution in [0.1, 0.15) is 37.0 Å². The van der Waals surface area contributed by atoms with Crippen LogP contribution in [0.4, 0.5) is 0 Å². The van der Waals surface area contributed by atoms with Crippen molar-refractivity contribution in [2.24, 2.45) is 5.41 Å². The number of halogens is 1. The molecule has 0 unspecified atom stereocenters. The van der Waals surface area contributed by atoms with Crippen LogP contribution in [0.2, 0.25) is 5.02 Å². The Morgan fingerprint density at radius 2 is 2.08 bits per heavy atom. The van der Waals surface area contributed by atoms with Gasteiger partial charge in [0.1, 0.15) is 0 Å².